The molecule has 3 aliphatic rings. The Balaban J connectivity index is 1.24. The highest BCUT2D eigenvalue weighted by Crippen LogP contribution is 2.33. The van der Waals surface area contributed by atoms with Gasteiger partial charge in [-0.2, -0.15) is 0 Å². The predicted molar refractivity (Wildman–Crippen MR) is 131 cm³/mol. The zero-order chi connectivity index (χ0) is 22.1. The molecule has 2 N–H and O–H groups in total. The second kappa shape index (κ2) is 9.13. The molecule has 0 radical (unpaired) electrons. The fourth-order valence-electron chi connectivity index (χ4n) is 4.59. The second-order valence-electron chi connectivity index (χ2n) is 8.52. The Morgan fingerprint density at radius 3 is 2.66 bits per heavy atom. The molecule has 32 heavy (non-hydrogen) atoms. The van der Waals surface area contributed by atoms with Gasteiger partial charge in [-0.3, -0.25) is 14.9 Å². The van der Waals surface area contributed by atoms with Gasteiger partial charge >= 0.3 is 0 Å². The van der Waals surface area contributed by atoms with Crippen LogP contribution in [0.4, 0.5) is 0 Å². The zero-order valence-electron chi connectivity index (χ0n) is 17.9. The minimum absolute atomic E-state index is 0.149. The Bertz CT molecular complexity index is 1100. The van der Waals surface area contributed by atoms with Gasteiger partial charge in [0, 0.05) is 28.4 Å². The minimum atomic E-state index is -0.207. The van der Waals surface area contributed by atoms with Crippen molar-refractivity contribution in [3.63, 3.8) is 0 Å². The summed E-state index contributed by atoms with van der Waals surface area (Å²) in [6.07, 6.45) is 6.79. The number of thiophene rings is 1. The number of carbonyl (C=O) groups excluding carboxylic acids is 2. The average molecular weight is 467 g/mol. The molecule has 0 unspecified atom stereocenters. The van der Waals surface area contributed by atoms with Gasteiger partial charge in [0.15, 0.2) is 5.11 Å². The summed E-state index contributed by atoms with van der Waals surface area (Å²) in [5, 5.41) is 5.78. The van der Waals surface area contributed by atoms with Gasteiger partial charge in [0.2, 0.25) is 0 Å². The van der Waals surface area contributed by atoms with Crippen LogP contribution in [0.1, 0.15) is 46.5 Å². The highest BCUT2D eigenvalue weighted by molar-refractivity contribution is 7.80. The number of nitrogens with zero attached hydrogens (tertiary/aromatic N) is 2. The molecule has 0 aliphatic carbocycles. The van der Waals surface area contributed by atoms with Crippen molar-refractivity contribution in [2.24, 2.45) is 0 Å². The van der Waals surface area contributed by atoms with Gasteiger partial charge in [0.1, 0.15) is 5.70 Å². The van der Waals surface area contributed by atoms with E-state index in [2.05, 4.69) is 27.7 Å². The first-order valence-corrected chi connectivity index (χ1v) is 12.4. The van der Waals surface area contributed by atoms with E-state index in [0.29, 0.717) is 17.4 Å². The maximum absolute atomic E-state index is 12.8. The largest absolute Gasteiger partial charge is 0.334 e. The number of piperidine rings is 1. The molecule has 3 aliphatic heterocycles. The highest BCUT2D eigenvalue weighted by Gasteiger charge is 2.27. The average Bonchev–Trinajstić information content (AvgIpc) is 3.47. The Morgan fingerprint density at radius 2 is 1.88 bits per heavy atom. The van der Waals surface area contributed by atoms with Crippen molar-refractivity contribution in [3.05, 3.63) is 52.0 Å². The number of fused-ring (bicyclic) bond motifs is 1. The summed E-state index contributed by atoms with van der Waals surface area (Å²) in [6.45, 7) is 4.98. The van der Waals surface area contributed by atoms with Crippen molar-refractivity contribution < 1.29 is 9.59 Å². The molecule has 5 rings (SSSR count). The SMILES string of the molecule is O=C1NC(=S)N/C1=C/c1ccc(-c2ccc3c(c2)CN(CCCN2CCCCC2)C3=O)s1. The van der Waals surface area contributed by atoms with E-state index in [4.69, 9.17) is 12.2 Å². The first-order valence-electron chi connectivity index (χ1n) is 11.2. The lowest BCUT2D eigenvalue weighted by molar-refractivity contribution is -0.115. The number of benzene rings is 1. The summed E-state index contributed by atoms with van der Waals surface area (Å²) in [4.78, 5) is 31.3. The number of hydrogen-bond acceptors (Lipinski definition) is 5. The Kier molecular flexibility index (Phi) is 6.08. The number of nitrogens with one attached hydrogen (secondary N) is 2. The van der Waals surface area contributed by atoms with Gasteiger partial charge in [0.05, 0.1) is 0 Å². The highest BCUT2D eigenvalue weighted by atomic mass is 32.1. The van der Waals surface area contributed by atoms with Crippen molar-refractivity contribution >= 4 is 46.6 Å². The van der Waals surface area contributed by atoms with E-state index in [9.17, 15) is 9.59 Å². The number of likely N-dealkylation sites (tertiary alicyclic amines) is 1. The van der Waals surface area contributed by atoms with Crippen LogP contribution in [0.5, 0.6) is 0 Å². The molecule has 6 nitrogen and oxygen atoms in total. The van der Waals surface area contributed by atoms with Crippen molar-refractivity contribution in [2.45, 2.75) is 32.2 Å². The molecule has 166 valence electrons. The normalized spacial score (nSPS) is 20.1. The third kappa shape index (κ3) is 4.48. The quantitative estimate of drug-likeness (QED) is 0.503. The molecule has 2 aromatic rings. The van der Waals surface area contributed by atoms with Crippen molar-refractivity contribution in [1.82, 2.24) is 20.4 Å². The summed E-state index contributed by atoms with van der Waals surface area (Å²) in [7, 11) is 0. The maximum Gasteiger partial charge on any atom is 0.273 e. The molecule has 0 saturated carbocycles. The first kappa shape index (κ1) is 21.3. The van der Waals surface area contributed by atoms with E-state index in [1.165, 1.54) is 32.4 Å². The third-order valence-corrected chi connectivity index (χ3v) is 7.54. The van der Waals surface area contributed by atoms with Crippen LogP contribution in [0.15, 0.2) is 36.0 Å². The third-order valence-electron chi connectivity index (χ3n) is 6.25. The molecule has 0 spiro atoms. The minimum Gasteiger partial charge on any atom is -0.334 e. The summed E-state index contributed by atoms with van der Waals surface area (Å²) in [6, 6.07) is 10.2. The summed E-state index contributed by atoms with van der Waals surface area (Å²) < 4.78 is 0. The molecule has 1 aromatic heterocycles. The lowest BCUT2D eigenvalue weighted by Gasteiger charge is -2.27. The predicted octanol–water partition coefficient (Wildman–Crippen LogP) is 3.59. The number of thiocarbonyl (C=S) groups is 1. The van der Waals surface area contributed by atoms with Gasteiger partial charge in [-0.25, -0.2) is 0 Å². The first-order chi connectivity index (χ1) is 15.6. The Hall–Kier alpha value is -2.55. The fourth-order valence-corrected chi connectivity index (χ4v) is 5.74. The maximum atomic E-state index is 12.8. The zero-order valence-corrected chi connectivity index (χ0v) is 19.5. The van der Waals surface area contributed by atoms with Gasteiger partial charge < -0.3 is 15.1 Å². The van der Waals surface area contributed by atoms with E-state index in [1.807, 2.05) is 29.2 Å². The number of amides is 2. The van der Waals surface area contributed by atoms with Crippen molar-refractivity contribution in [2.75, 3.05) is 26.2 Å². The topological polar surface area (TPSA) is 64.7 Å². The second-order valence-corrected chi connectivity index (χ2v) is 10.0. The van der Waals surface area contributed by atoms with Crippen LogP contribution in [-0.2, 0) is 11.3 Å². The van der Waals surface area contributed by atoms with Crippen LogP contribution in [0.2, 0.25) is 0 Å². The lowest BCUT2D eigenvalue weighted by Crippen LogP contribution is -2.33. The van der Waals surface area contributed by atoms with E-state index < -0.39 is 0 Å². The molecule has 2 saturated heterocycles. The summed E-state index contributed by atoms with van der Waals surface area (Å²) in [5.74, 6) is -0.0579. The Labute approximate surface area is 197 Å². The van der Waals surface area contributed by atoms with Gasteiger partial charge in [-0.15, -0.1) is 11.3 Å². The van der Waals surface area contributed by atoms with Crippen LogP contribution < -0.4 is 10.6 Å². The van der Waals surface area contributed by atoms with Crippen LogP contribution in [0.3, 0.4) is 0 Å². The molecule has 8 heteroatoms. The van der Waals surface area contributed by atoms with Gasteiger partial charge in [-0.05, 0) is 92.6 Å². The molecule has 4 heterocycles. The van der Waals surface area contributed by atoms with Crippen LogP contribution in [0.25, 0.3) is 16.5 Å². The summed E-state index contributed by atoms with van der Waals surface area (Å²) in [5.41, 5.74) is 3.48. The number of rotatable bonds is 6. The van der Waals surface area contributed by atoms with Gasteiger partial charge in [-0.1, -0.05) is 12.5 Å². The molecule has 0 bridgehead atoms. The monoisotopic (exact) mass is 466 g/mol. The molecule has 2 amide bonds. The van der Waals surface area contributed by atoms with E-state index >= 15 is 0 Å². The smallest absolute Gasteiger partial charge is 0.273 e. The molecule has 2 fully saturated rings. The molecule has 1 aromatic carbocycles. The van der Waals surface area contributed by atoms with E-state index in [0.717, 1.165) is 46.0 Å². The van der Waals surface area contributed by atoms with Crippen LogP contribution >= 0.6 is 23.6 Å². The summed E-state index contributed by atoms with van der Waals surface area (Å²) >= 11 is 6.59. The molecule has 0 atom stereocenters. The standard InChI is InChI=1S/C24H26N4O2S2/c29-22-20(25-24(31)26-22)14-18-6-8-21(32-18)16-5-7-19-17(13-16)15-28(23(19)30)12-4-11-27-9-2-1-3-10-27/h5-8,13-14H,1-4,9-12,15H2,(H2,25,26,29,31)/b20-14+. The number of hydrogen-bond donors (Lipinski definition) is 2. The fraction of sp³-hybridized carbons (Fsp3) is 0.375. The molecular weight excluding hydrogens is 440 g/mol. The van der Waals surface area contributed by atoms with E-state index in [-0.39, 0.29) is 11.8 Å². The Morgan fingerprint density at radius 1 is 1.03 bits per heavy atom. The van der Waals surface area contributed by atoms with E-state index in [1.54, 1.807) is 11.3 Å². The van der Waals surface area contributed by atoms with Gasteiger partial charge in [0.25, 0.3) is 11.8 Å². The van der Waals surface area contributed by atoms with Crippen molar-refractivity contribution in [3.8, 4) is 10.4 Å². The van der Waals surface area contributed by atoms with Crippen LogP contribution in [-0.4, -0.2) is 52.9 Å². The lowest BCUT2D eigenvalue weighted by atomic mass is 10.1. The number of carbonyl (C=O) groups is 2. The molecular formula is C24H26N4O2S2. The van der Waals surface area contributed by atoms with Crippen molar-refractivity contribution in [1.29, 1.82) is 0 Å². The van der Waals surface area contributed by atoms with Crippen LogP contribution in [0, 0.1) is 0 Å².